The summed E-state index contributed by atoms with van der Waals surface area (Å²) in [6.07, 6.45) is 0. The first-order chi connectivity index (χ1) is 10.1. The molecule has 0 aliphatic heterocycles. The predicted molar refractivity (Wildman–Crippen MR) is 81.1 cm³/mol. The molecule has 0 bridgehead atoms. The van der Waals surface area contributed by atoms with Crippen molar-refractivity contribution in [3.05, 3.63) is 51.4 Å². The molecule has 0 spiro atoms. The number of nitro groups is 1. The third-order valence-electron chi connectivity index (χ3n) is 3.15. The highest BCUT2D eigenvalue weighted by molar-refractivity contribution is 7.13. The smallest absolute Gasteiger partial charge is 0.272 e. The van der Waals surface area contributed by atoms with E-state index in [0.29, 0.717) is 11.3 Å². The Morgan fingerprint density at radius 3 is 2.81 bits per heavy atom. The number of nitrogens with two attached hydrogens (primary N) is 1. The molecular formula is C14H11N3O3S. The average molecular weight is 301 g/mol. The van der Waals surface area contributed by atoms with Crippen molar-refractivity contribution in [1.29, 1.82) is 0 Å². The van der Waals surface area contributed by atoms with Crippen molar-refractivity contribution in [2.75, 3.05) is 5.73 Å². The van der Waals surface area contributed by atoms with Crippen molar-refractivity contribution in [3.8, 4) is 21.7 Å². The molecule has 21 heavy (non-hydrogen) atoms. The molecule has 0 fully saturated rings. The van der Waals surface area contributed by atoms with Crippen LogP contribution in [0.2, 0.25) is 0 Å². The SMILES string of the molecule is Cc1cc(-c2noc(N)c2-c2cccs2)ccc1[N+](=O)[O-]. The first-order valence-electron chi connectivity index (χ1n) is 6.12. The Morgan fingerprint density at radius 1 is 1.38 bits per heavy atom. The molecule has 7 heteroatoms. The number of hydrogen-bond acceptors (Lipinski definition) is 6. The Kier molecular flexibility index (Phi) is 3.19. The number of benzene rings is 1. The van der Waals surface area contributed by atoms with Crippen LogP contribution in [0.3, 0.4) is 0 Å². The predicted octanol–water partition coefficient (Wildman–Crippen LogP) is 3.87. The summed E-state index contributed by atoms with van der Waals surface area (Å²) in [4.78, 5) is 11.4. The normalized spacial score (nSPS) is 10.7. The molecule has 0 atom stereocenters. The Hall–Kier alpha value is -2.67. The molecule has 106 valence electrons. The van der Waals surface area contributed by atoms with Crippen molar-refractivity contribution in [1.82, 2.24) is 5.16 Å². The molecule has 0 aliphatic rings. The van der Waals surface area contributed by atoms with Crippen LogP contribution >= 0.6 is 11.3 Å². The van der Waals surface area contributed by atoms with Gasteiger partial charge in [-0.15, -0.1) is 11.3 Å². The van der Waals surface area contributed by atoms with Gasteiger partial charge in [-0.25, -0.2) is 0 Å². The molecule has 6 nitrogen and oxygen atoms in total. The van der Waals surface area contributed by atoms with Gasteiger partial charge in [0, 0.05) is 22.1 Å². The second-order valence-corrected chi connectivity index (χ2v) is 5.45. The fourth-order valence-corrected chi connectivity index (χ4v) is 2.94. The molecule has 0 unspecified atom stereocenters. The largest absolute Gasteiger partial charge is 0.367 e. The molecule has 2 aromatic heterocycles. The third kappa shape index (κ3) is 2.27. The number of nitrogen functional groups attached to an aromatic ring is 1. The number of hydrogen-bond donors (Lipinski definition) is 1. The summed E-state index contributed by atoms with van der Waals surface area (Å²) in [7, 11) is 0. The maximum Gasteiger partial charge on any atom is 0.272 e. The van der Waals surface area contributed by atoms with Crippen molar-refractivity contribution >= 4 is 22.9 Å². The zero-order valence-electron chi connectivity index (χ0n) is 11.1. The summed E-state index contributed by atoms with van der Waals surface area (Å²) in [6.45, 7) is 1.69. The first kappa shape index (κ1) is 13.3. The highest BCUT2D eigenvalue weighted by Crippen LogP contribution is 2.39. The van der Waals surface area contributed by atoms with Crippen molar-refractivity contribution in [2.45, 2.75) is 6.92 Å². The zero-order valence-corrected chi connectivity index (χ0v) is 11.9. The number of aromatic nitrogens is 1. The summed E-state index contributed by atoms with van der Waals surface area (Å²) >= 11 is 1.53. The van der Waals surface area contributed by atoms with Gasteiger partial charge in [-0.2, -0.15) is 0 Å². The van der Waals surface area contributed by atoms with Crippen molar-refractivity contribution in [3.63, 3.8) is 0 Å². The molecule has 1 aromatic carbocycles. The van der Waals surface area contributed by atoms with Crippen LogP contribution in [0.1, 0.15) is 5.56 Å². The Labute approximate surface area is 124 Å². The molecule has 0 aliphatic carbocycles. The van der Waals surface area contributed by atoms with E-state index < -0.39 is 4.92 Å². The van der Waals surface area contributed by atoms with Crippen LogP contribution in [0.15, 0.2) is 40.2 Å². The van der Waals surface area contributed by atoms with Crippen LogP contribution < -0.4 is 5.73 Å². The topological polar surface area (TPSA) is 95.2 Å². The molecule has 0 saturated heterocycles. The number of thiophene rings is 1. The second kappa shape index (κ2) is 5.02. The molecule has 2 heterocycles. The van der Waals surface area contributed by atoms with Gasteiger partial charge in [-0.3, -0.25) is 10.1 Å². The average Bonchev–Trinajstić information content (AvgIpc) is 3.06. The molecule has 2 N–H and O–H groups in total. The fraction of sp³-hybridized carbons (Fsp3) is 0.0714. The number of rotatable bonds is 3. The van der Waals surface area contributed by atoms with Gasteiger partial charge in [-0.1, -0.05) is 11.2 Å². The summed E-state index contributed by atoms with van der Waals surface area (Å²) < 4.78 is 5.09. The number of aryl methyl sites for hydroxylation is 1. The molecule has 3 rings (SSSR count). The van der Waals surface area contributed by atoms with Gasteiger partial charge >= 0.3 is 0 Å². The summed E-state index contributed by atoms with van der Waals surface area (Å²) in [5, 5.41) is 16.8. The van der Waals surface area contributed by atoms with Crippen LogP contribution in [0.25, 0.3) is 21.7 Å². The van der Waals surface area contributed by atoms with Gasteiger partial charge in [0.1, 0.15) is 5.69 Å². The fourth-order valence-electron chi connectivity index (χ4n) is 2.17. The molecule has 0 radical (unpaired) electrons. The van der Waals surface area contributed by atoms with Crippen LogP contribution in [-0.4, -0.2) is 10.1 Å². The first-order valence-corrected chi connectivity index (χ1v) is 7.00. The minimum absolute atomic E-state index is 0.0768. The monoisotopic (exact) mass is 301 g/mol. The lowest BCUT2D eigenvalue weighted by atomic mass is 10.0. The van der Waals surface area contributed by atoms with Crippen molar-refractivity contribution < 1.29 is 9.45 Å². The van der Waals surface area contributed by atoms with E-state index in [4.69, 9.17) is 10.3 Å². The standard InChI is InChI=1S/C14H11N3O3S/c1-8-7-9(4-5-10(8)17(18)19)13-12(14(15)20-16-13)11-3-2-6-21-11/h2-7H,15H2,1H3. The van der Waals surface area contributed by atoms with E-state index >= 15 is 0 Å². The number of nitro benzene ring substituents is 1. The van der Waals surface area contributed by atoms with E-state index in [-0.39, 0.29) is 11.6 Å². The van der Waals surface area contributed by atoms with E-state index in [1.807, 2.05) is 17.5 Å². The molecular weight excluding hydrogens is 290 g/mol. The summed E-state index contributed by atoms with van der Waals surface area (Å²) in [5.74, 6) is 0.239. The lowest BCUT2D eigenvalue weighted by Crippen LogP contribution is -1.92. The van der Waals surface area contributed by atoms with Gasteiger partial charge in [0.25, 0.3) is 5.69 Å². The van der Waals surface area contributed by atoms with E-state index in [1.165, 1.54) is 17.4 Å². The number of nitrogens with zero attached hydrogens (tertiary/aromatic N) is 2. The zero-order chi connectivity index (χ0) is 15.0. The minimum atomic E-state index is -0.406. The minimum Gasteiger partial charge on any atom is -0.367 e. The van der Waals surface area contributed by atoms with Crippen LogP contribution in [-0.2, 0) is 0 Å². The van der Waals surface area contributed by atoms with E-state index in [1.54, 1.807) is 19.1 Å². The Bertz CT molecular complexity index is 809. The quantitative estimate of drug-likeness (QED) is 0.585. The van der Waals surface area contributed by atoms with Gasteiger partial charge in [-0.05, 0) is 30.5 Å². The van der Waals surface area contributed by atoms with Gasteiger partial charge in [0.15, 0.2) is 0 Å². The summed E-state index contributed by atoms with van der Waals surface area (Å²) in [5.41, 5.74) is 8.55. The highest BCUT2D eigenvalue weighted by Gasteiger charge is 2.20. The lowest BCUT2D eigenvalue weighted by Gasteiger charge is -2.02. The lowest BCUT2D eigenvalue weighted by molar-refractivity contribution is -0.385. The van der Waals surface area contributed by atoms with Gasteiger partial charge < -0.3 is 10.3 Å². The van der Waals surface area contributed by atoms with E-state index in [9.17, 15) is 10.1 Å². The van der Waals surface area contributed by atoms with Crippen LogP contribution in [0, 0.1) is 17.0 Å². The maximum absolute atomic E-state index is 10.9. The molecule has 3 aromatic rings. The Balaban J connectivity index is 2.14. The number of anilines is 1. The van der Waals surface area contributed by atoms with Gasteiger partial charge in [0.2, 0.25) is 5.88 Å². The summed E-state index contributed by atoms with van der Waals surface area (Å²) in [6, 6.07) is 8.67. The van der Waals surface area contributed by atoms with Crippen molar-refractivity contribution in [2.24, 2.45) is 0 Å². The maximum atomic E-state index is 10.9. The molecule has 0 saturated carbocycles. The van der Waals surface area contributed by atoms with E-state index in [0.717, 1.165) is 16.0 Å². The van der Waals surface area contributed by atoms with E-state index in [2.05, 4.69) is 5.16 Å². The third-order valence-corrected chi connectivity index (χ3v) is 4.04. The Morgan fingerprint density at radius 2 is 2.19 bits per heavy atom. The molecule has 0 amide bonds. The van der Waals surface area contributed by atoms with Crippen LogP contribution in [0.4, 0.5) is 11.6 Å². The van der Waals surface area contributed by atoms with Crippen LogP contribution in [0.5, 0.6) is 0 Å². The highest BCUT2D eigenvalue weighted by atomic mass is 32.1. The van der Waals surface area contributed by atoms with Gasteiger partial charge in [0.05, 0.1) is 10.5 Å². The second-order valence-electron chi connectivity index (χ2n) is 4.51.